The Hall–Kier alpha value is -2.60. The fraction of sp³-hybridized carbons (Fsp3) is 0.211. The summed E-state index contributed by atoms with van der Waals surface area (Å²) in [4.78, 5) is 26.9. The molecule has 2 aromatic heterocycles. The lowest BCUT2D eigenvalue weighted by molar-refractivity contribution is -0.129. The highest BCUT2D eigenvalue weighted by Gasteiger charge is 2.15. The molecule has 1 amide bonds. The van der Waals surface area contributed by atoms with Gasteiger partial charge in [-0.15, -0.1) is 11.8 Å². The number of H-pyrrole nitrogens is 1. The van der Waals surface area contributed by atoms with Crippen LogP contribution >= 0.6 is 11.8 Å². The fourth-order valence-corrected chi connectivity index (χ4v) is 3.22. The standard InChI is InChI=1S/C19H20N4OS/c24-19(15-25-17-6-9-20-10-7-17)23(14-18-21-11-12-22-18)13-8-16-4-2-1-3-5-16/h1-7,9-12H,8,13-15H2,(H,21,22). The summed E-state index contributed by atoms with van der Waals surface area (Å²) in [6.07, 6.45) is 7.79. The number of pyridine rings is 1. The van der Waals surface area contributed by atoms with Crippen LogP contribution in [0.2, 0.25) is 0 Å². The van der Waals surface area contributed by atoms with Gasteiger partial charge in [-0.3, -0.25) is 9.78 Å². The van der Waals surface area contributed by atoms with Crippen molar-refractivity contribution in [1.82, 2.24) is 19.9 Å². The second kappa shape index (κ2) is 9.03. The minimum atomic E-state index is 0.106. The van der Waals surface area contributed by atoms with Gasteiger partial charge in [0.1, 0.15) is 5.82 Å². The molecule has 6 heteroatoms. The van der Waals surface area contributed by atoms with Crippen LogP contribution in [0.25, 0.3) is 0 Å². The van der Waals surface area contributed by atoms with Gasteiger partial charge in [-0.2, -0.15) is 0 Å². The molecule has 0 saturated carbocycles. The molecule has 3 rings (SSSR count). The van der Waals surface area contributed by atoms with Gasteiger partial charge in [0.15, 0.2) is 0 Å². The summed E-state index contributed by atoms with van der Waals surface area (Å²) in [5.74, 6) is 1.31. The molecule has 1 N–H and O–H groups in total. The highest BCUT2D eigenvalue weighted by atomic mass is 32.2. The Morgan fingerprint density at radius 3 is 2.60 bits per heavy atom. The molecular weight excluding hydrogens is 332 g/mol. The number of carbonyl (C=O) groups excluding carboxylic acids is 1. The third kappa shape index (κ3) is 5.46. The maximum Gasteiger partial charge on any atom is 0.233 e. The summed E-state index contributed by atoms with van der Waals surface area (Å²) < 4.78 is 0. The fourth-order valence-electron chi connectivity index (χ4n) is 2.44. The molecular formula is C19H20N4OS. The van der Waals surface area contributed by atoms with Crippen LogP contribution in [0.15, 0.2) is 72.1 Å². The van der Waals surface area contributed by atoms with Gasteiger partial charge in [0, 0.05) is 36.2 Å². The Balaban J connectivity index is 1.61. The number of aromatic nitrogens is 3. The van der Waals surface area contributed by atoms with Crippen molar-refractivity contribution < 1.29 is 4.79 Å². The van der Waals surface area contributed by atoms with Gasteiger partial charge in [-0.05, 0) is 24.1 Å². The SMILES string of the molecule is O=C(CSc1ccncc1)N(CCc1ccccc1)Cc1ncc[nH]1. The van der Waals surface area contributed by atoms with Crippen molar-refractivity contribution in [2.45, 2.75) is 17.9 Å². The molecule has 5 nitrogen and oxygen atoms in total. The molecule has 0 aliphatic heterocycles. The molecule has 0 bridgehead atoms. The van der Waals surface area contributed by atoms with Gasteiger partial charge < -0.3 is 9.88 Å². The first-order chi connectivity index (χ1) is 12.3. The van der Waals surface area contributed by atoms with Crippen molar-refractivity contribution >= 4 is 17.7 Å². The summed E-state index contributed by atoms with van der Waals surface area (Å²) in [6.45, 7) is 1.16. The van der Waals surface area contributed by atoms with Crippen molar-refractivity contribution in [1.29, 1.82) is 0 Å². The number of hydrogen-bond donors (Lipinski definition) is 1. The van der Waals surface area contributed by atoms with E-state index >= 15 is 0 Å². The summed E-state index contributed by atoms with van der Waals surface area (Å²) in [5.41, 5.74) is 1.22. The van der Waals surface area contributed by atoms with Crippen molar-refractivity contribution in [3.05, 3.63) is 78.6 Å². The molecule has 0 saturated heterocycles. The molecule has 0 aliphatic carbocycles. The van der Waals surface area contributed by atoms with Crippen molar-refractivity contribution in [3.8, 4) is 0 Å². The number of nitrogens with one attached hydrogen (secondary N) is 1. The zero-order chi connectivity index (χ0) is 17.3. The average Bonchev–Trinajstić information content (AvgIpc) is 3.18. The zero-order valence-electron chi connectivity index (χ0n) is 13.8. The lowest BCUT2D eigenvalue weighted by atomic mass is 10.1. The number of imidazole rings is 1. The molecule has 2 heterocycles. The highest BCUT2D eigenvalue weighted by Crippen LogP contribution is 2.17. The number of rotatable bonds is 8. The second-order valence-electron chi connectivity index (χ2n) is 5.56. The van der Waals surface area contributed by atoms with E-state index < -0.39 is 0 Å². The van der Waals surface area contributed by atoms with Gasteiger partial charge in [-0.25, -0.2) is 4.98 Å². The molecule has 0 unspecified atom stereocenters. The molecule has 0 spiro atoms. The van der Waals surface area contributed by atoms with E-state index in [0.29, 0.717) is 18.8 Å². The molecule has 0 radical (unpaired) electrons. The first-order valence-electron chi connectivity index (χ1n) is 8.14. The molecule has 0 fully saturated rings. The van der Waals surface area contributed by atoms with E-state index in [9.17, 15) is 4.79 Å². The zero-order valence-corrected chi connectivity index (χ0v) is 14.7. The minimum absolute atomic E-state index is 0.106. The van der Waals surface area contributed by atoms with Crippen LogP contribution < -0.4 is 0 Å². The number of carbonyl (C=O) groups is 1. The van der Waals surface area contributed by atoms with Gasteiger partial charge >= 0.3 is 0 Å². The smallest absolute Gasteiger partial charge is 0.233 e. The van der Waals surface area contributed by atoms with Crippen LogP contribution in [0, 0.1) is 0 Å². The summed E-state index contributed by atoms with van der Waals surface area (Å²) in [7, 11) is 0. The average molecular weight is 352 g/mol. The van der Waals surface area contributed by atoms with E-state index in [1.165, 1.54) is 17.3 Å². The summed E-state index contributed by atoms with van der Waals surface area (Å²) in [6, 6.07) is 14.0. The van der Waals surface area contributed by atoms with Crippen molar-refractivity contribution in [2.75, 3.05) is 12.3 Å². The van der Waals surface area contributed by atoms with Crippen molar-refractivity contribution in [3.63, 3.8) is 0 Å². The van der Waals surface area contributed by atoms with E-state index in [-0.39, 0.29) is 5.91 Å². The lowest BCUT2D eigenvalue weighted by Gasteiger charge is -2.21. The second-order valence-corrected chi connectivity index (χ2v) is 6.61. The molecule has 1 aromatic carbocycles. The van der Waals surface area contributed by atoms with E-state index in [0.717, 1.165) is 17.1 Å². The van der Waals surface area contributed by atoms with Gasteiger partial charge in [0.2, 0.25) is 5.91 Å². The van der Waals surface area contributed by atoms with Crippen LogP contribution in [0.1, 0.15) is 11.4 Å². The third-order valence-electron chi connectivity index (χ3n) is 3.77. The summed E-state index contributed by atoms with van der Waals surface area (Å²) in [5, 5.41) is 0. The van der Waals surface area contributed by atoms with E-state index in [4.69, 9.17) is 0 Å². The molecule has 0 aliphatic rings. The van der Waals surface area contributed by atoms with Crippen LogP contribution in [-0.2, 0) is 17.8 Å². The van der Waals surface area contributed by atoms with Gasteiger partial charge in [0.25, 0.3) is 0 Å². The van der Waals surface area contributed by atoms with Crippen LogP contribution in [0.4, 0.5) is 0 Å². The van der Waals surface area contributed by atoms with Crippen molar-refractivity contribution in [2.24, 2.45) is 0 Å². The quantitative estimate of drug-likeness (QED) is 0.633. The molecule has 0 atom stereocenters. The number of benzene rings is 1. The van der Waals surface area contributed by atoms with Crippen LogP contribution in [-0.4, -0.2) is 38.1 Å². The Morgan fingerprint density at radius 1 is 1.08 bits per heavy atom. The maximum atomic E-state index is 12.7. The predicted molar refractivity (Wildman–Crippen MR) is 99.1 cm³/mol. The first kappa shape index (κ1) is 17.2. The predicted octanol–water partition coefficient (Wildman–Crippen LogP) is 3.17. The van der Waals surface area contributed by atoms with Crippen LogP contribution in [0.5, 0.6) is 0 Å². The number of amides is 1. The van der Waals surface area contributed by atoms with Gasteiger partial charge in [-0.1, -0.05) is 30.3 Å². The molecule has 128 valence electrons. The Morgan fingerprint density at radius 2 is 1.88 bits per heavy atom. The normalized spacial score (nSPS) is 10.6. The van der Waals surface area contributed by atoms with Crippen LogP contribution in [0.3, 0.4) is 0 Å². The highest BCUT2D eigenvalue weighted by molar-refractivity contribution is 8.00. The summed E-state index contributed by atoms with van der Waals surface area (Å²) >= 11 is 1.53. The lowest BCUT2D eigenvalue weighted by Crippen LogP contribution is -2.34. The number of nitrogens with zero attached hydrogens (tertiary/aromatic N) is 3. The molecule has 25 heavy (non-hydrogen) atoms. The monoisotopic (exact) mass is 352 g/mol. The van der Waals surface area contributed by atoms with E-state index in [1.807, 2.05) is 35.2 Å². The largest absolute Gasteiger partial charge is 0.347 e. The van der Waals surface area contributed by atoms with E-state index in [2.05, 4.69) is 27.1 Å². The number of hydrogen-bond acceptors (Lipinski definition) is 4. The third-order valence-corrected chi connectivity index (χ3v) is 4.77. The topological polar surface area (TPSA) is 61.9 Å². The van der Waals surface area contributed by atoms with Gasteiger partial charge in [0.05, 0.1) is 12.3 Å². The van der Waals surface area contributed by atoms with E-state index in [1.54, 1.807) is 24.8 Å². The Bertz CT molecular complexity index is 763. The maximum absolute atomic E-state index is 12.7. The number of aromatic amines is 1. The molecule has 3 aromatic rings. The minimum Gasteiger partial charge on any atom is -0.347 e. The first-order valence-corrected chi connectivity index (χ1v) is 9.12. The Labute approximate surface area is 151 Å². The Kier molecular flexibility index (Phi) is 6.23. The number of thioether (sulfide) groups is 1.